The van der Waals surface area contributed by atoms with Crippen LogP contribution in [0.5, 0.6) is 0 Å². The minimum atomic E-state index is -4.41. The first-order valence-corrected chi connectivity index (χ1v) is 6.37. The molecule has 1 N–H and O–H groups in total. The van der Waals surface area contributed by atoms with E-state index in [1.54, 1.807) is 24.3 Å². The van der Waals surface area contributed by atoms with Crippen LogP contribution in [0.25, 0.3) is 11.1 Å². The van der Waals surface area contributed by atoms with E-state index >= 15 is 0 Å². The molecule has 0 unspecified atom stereocenters. The fourth-order valence-corrected chi connectivity index (χ4v) is 2.25. The van der Waals surface area contributed by atoms with Gasteiger partial charge in [-0.2, -0.15) is 13.2 Å². The lowest BCUT2D eigenvalue weighted by Crippen LogP contribution is -2.07. The average Bonchev–Trinajstić information content (AvgIpc) is 2.41. The summed E-state index contributed by atoms with van der Waals surface area (Å²) in [5.41, 5.74) is 0.488. The molecule has 0 aliphatic rings. The van der Waals surface area contributed by atoms with Crippen LogP contribution < -0.4 is 0 Å². The smallest absolute Gasteiger partial charge is 0.396 e. The lowest BCUT2D eigenvalue weighted by atomic mass is 9.97. The van der Waals surface area contributed by atoms with Crippen LogP contribution >= 0.6 is 11.6 Å². The number of alkyl halides is 3. The van der Waals surface area contributed by atoms with Crippen molar-refractivity contribution in [2.45, 2.75) is 12.6 Å². The number of aliphatic hydroxyl groups excluding tert-OH is 1. The van der Waals surface area contributed by atoms with E-state index in [1.165, 1.54) is 12.1 Å². The number of halogens is 4. The van der Waals surface area contributed by atoms with E-state index in [2.05, 4.69) is 0 Å². The second-order valence-corrected chi connectivity index (χ2v) is 4.73. The van der Waals surface area contributed by atoms with Gasteiger partial charge in [-0.05, 0) is 41.3 Å². The highest BCUT2D eigenvalue weighted by atomic mass is 35.5. The van der Waals surface area contributed by atoms with Crippen molar-refractivity contribution < 1.29 is 18.3 Å². The van der Waals surface area contributed by atoms with Gasteiger partial charge in [-0.25, -0.2) is 0 Å². The average molecular weight is 301 g/mol. The summed E-state index contributed by atoms with van der Waals surface area (Å²) in [7, 11) is 0. The molecule has 0 radical (unpaired) electrons. The maximum atomic E-state index is 13.0. The quantitative estimate of drug-likeness (QED) is 0.881. The molecular weight excluding hydrogens is 289 g/mol. The van der Waals surface area contributed by atoms with Gasteiger partial charge in [0.25, 0.3) is 0 Å². The van der Waals surface area contributed by atoms with Crippen LogP contribution in [0.1, 0.15) is 11.1 Å². The summed E-state index contributed by atoms with van der Waals surface area (Å²) in [5.74, 6) is 0. The Hall–Kier alpha value is -1.52. The lowest BCUT2D eigenvalue weighted by Gasteiger charge is -2.14. The van der Waals surface area contributed by atoms with Gasteiger partial charge in [0, 0.05) is 11.6 Å². The van der Waals surface area contributed by atoms with Crippen molar-refractivity contribution in [1.82, 2.24) is 0 Å². The molecule has 0 atom stereocenters. The van der Waals surface area contributed by atoms with E-state index in [-0.39, 0.29) is 12.2 Å². The van der Waals surface area contributed by atoms with Crippen molar-refractivity contribution >= 4 is 11.6 Å². The molecule has 0 aromatic heterocycles. The summed E-state index contributed by atoms with van der Waals surface area (Å²) in [5, 5.41) is 9.39. The van der Waals surface area contributed by atoms with Crippen LogP contribution in [0.2, 0.25) is 5.02 Å². The monoisotopic (exact) mass is 300 g/mol. The second-order valence-electron chi connectivity index (χ2n) is 4.32. The number of aliphatic hydroxyl groups is 1. The van der Waals surface area contributed by atoms with E-state index < -0.39 is 11.7 Å². The molecule has 0 saturated heterocycles. The Morgan fingerprint density at radius 2 is 1.75 bits per heavy atom. The largest absolute Gasteiger partial charge is 0.417 e. The molecule has 106 valence electrons. The minimum absolute atomic E-state index is 0.107. The van der Waals surface area contributed by atoms with E-state index in [9.17, 15) is 13.2 Å². The van der Waals surface area contributed by atoms with Gasteiger partial charge in [-0.1, -0.05) is 35.9 Å². The number of benzene rings is 2. The number of hydrogen-bond donors (Lipinski definition) is 1. The first-order chi connectivity index (χ1) is 9.43. The Bertz CT molecular complexity index is 608. The Labute approximate surface area is 119 Å². The van der Waals surface area contributed by atoms with Gasteiger partial charge in [0.15, 0.2) is 0 Å². The third-order valence-corrected chi connectivity index (χ3v) is 3.34. The first-order valence-electron chi connectivity index (χ1n) is 5.99. The lowest BCUT2D eigenvalue weighted by molar-refractivity contribution is -0.137. The molecule has 5 heteroatoms. The van der Waals surface area contributed by atoms with Crippen LogP contribution in [-0.4, -0.2) is 11.7 Å². The summed E-state index contributed by atoms with van der Waals surface area (Å²) >= 11 is 5.96. The third-order valence-electron chi connectivity index (χ3n) is 2.97. The zero-order chi connectivity index (χ0) is 14.8. The summed E-state index contributed by atoms with van der Waals surface area (Å²) in [6.45, 7) is -0.107. The van der Waals surface area contributed by atoms with Gasteiger partial charge < -0.3 is 5.11 Å². The predicted octanol–water partition coefficient (Wildman–Crippen LogP) is 4.56. The third kappa shape index (κ3) is 3.14. The summed E-state index contributed by atoms with van der Waals surface area (Å²) in [6.07, 6.45) is -4.10. The fraction of sp³-hybridized carbons (Fsp3) is 0.200. The molecule has 2 rings (SSSR count). The molecule has 0 aliphatic heterocycles. The molecule has 0 heterocycles. The van der Waals surface area contributed by atoms with Crippen LogP contribution in [0.15, 0.2) is 42.5 Å². The fourth-order valence-electron chi connectivity index (χ4n) is 2.04. The molecular formula is C15H12ClF3O. The Morgan fingerprint density at radius 1 is 1.05 bits per heavy atom. The van der Waals surface area contributed by atoms with E-state index in [4.69, 9.17) is 16.7 Å². The molecule has 2 aromatic carbocycles. The Kier molecular flexibility index (Phi) is 4.35. The molecule has 0 saturated carbocycles. The Morgan fingerprint density at radius 3 is 2.40 bits per heavy atom. The minimum Gasteiger partial charge on any atom is -0.396 e. The van der Waals surface area contributed by atoms with Gasteiger partial charge in [-0.15, -0.1) is 0 Å². The Balaban J connectivity index is 2.55. The van der Waals surface area contributed by atoms with Crippen LogP contribution in [-0.2, 0) is 12.6 Å². The van der Waals surface area contributed by atoms with Crippen molar-refractivity contribution in [3.05, 3.63) is 58.6 Å². The normalized spacial score (nSPS) is 11.7. The molecule has 0 aliphatic carbocycles. The van der Waals surface area contributed by atoms with Gasteiger partial charge in [0.05, 0.1) is 5.56 Å². The zero-order valence-corrected chi connectivity index (χ0v) is 11.2. The maximum Gasteiger partial charge on any atom is 0.417 e. The summed E-state index contributed by atoms with van der Waals surface area (Å²) in [6, 6.07) is 10.1. The molecule has 20 heavy (non-hydrogen) atoms. The van der Waals surface area contributed by atoms with E-state index in [0.29, 0.717) is 22.6 Å². The topological polar surface area (TPSA) is 20.2 Å². The second kappa shape index (κ2) is 5.85. The van der Waals surface area contributed by atoms with Crippen molar-refractivity contribution in [1.29, 1.82) is 0 Å². The van der Waals surface area contributed by atoms with E-state index in [0.717, 1.165) is 6.07 Å². The first kappa shape index (κ1) is 14.9. The summed E-state index contributed by atoms with van der Waals surface area (Å²) in [4.78, 5) is 0. The van der Waals surface area contributed by atoms with E-state index in [1.807, 2.05) is 0 Å². The van der Waals surface area contributed by atoms with Gasteiger partial charge in [0.1, 0.15) is 0 Å². The van der Waals surface area contributed by atoms with Crippen molar-refractivity contribution in [2.24, 2.45) is 0 Å². The molecule has 0 spiro atoms. The van der Waals surface area contributed by atoms with Crippen LogP contribution in [0.3, 0.4) is 0 Å². The van der Waals surface area contributed by atoms with Gasteiger partial charge in [0.2, 0.25) is 0 Å². The van der Waals surface area contributed by atoms with Crippen molar-refractivity contribution in [3.63, 3.8) is 0 Å². The predicted molar refractivity (Wildman–Crippen MR) is 72.7 cm³/mol. The van der Waals surface area contributed by atoms with Gasteiger partial charge in [-0.3, -0.25) is 0 Å². The van der Waals surface area contributed by atoms with Gasteiger partial charge >= 0.3 is 6.18 Å². The highest BCUT2D eigenvalue weighted by Crippen LogP contribution is 2.37. The SMILES string of the molecule is OCCc1cc(-c2ccccc2C(F)(F)F)ccc1Cl. The molecule has 0 bridgehead atoms. The van der Waals surface area contributed by atoms with Crippen LogP contribution in [0.4, 0.5) is 13.2 Å². The molecule has 2 aromatic rings. The number of hydrogen-bond acceptors (Lipinski definition) is 1. The highest BCUT2D eigenvalue weighted by molar-refractivity contribution is 6.31. The van der Waals surface area contributed by atoms with Crippen molar-refractivity contribution in [3.8, 4) is 11.1 Å². The molecule has 0 fully saturated rings. The molecule has 1 nitrogen and oxygen atoms in total. The van der Waals surface area contributed by atoms with Crippen molar-refractivity contribution in [2.75, 3.05) is 6.61 Å². The van der Waals surface area contributed by atoms with Crippen LogP contribution in [0, 0.1) is 0 Å². The summed E-state index contributed by atoms with van der Waals surface area (Å²) < 4.78 is 39.0. The maximum absolute atomic E-state index is 13.0. The zero-order valence-electron chi connectivity index (χ0n) is 10.4. The standard InChI is InChI=1S/C15H12ClF3O/c16-14-6-5-10(9-11(14)7-8-20)12-3-1-2-4-13(12)15(17,18)19/h1-6,9,20H,7-8H2. The highest BCUT2D eigenvalue weighted by Gasteiger charge is 2.33. The number of rotatable bonds is 3. The molecule has 0 amide bonds.